The van der Waals surface area contributed by atoms with E-state index in [0.29, 0.717) is 42.5 Å². The van der Waals surface area contributed by atoms with E-state index in [0.717, 1.165) is 18.7 Å². The van der Waals surface area contributed by atoms with Gasteiger partial charge in [0.25, 0.3) is 5.91 Å². The third-order valence-corrected chi connectivity index (χ3v) is 5.42. The average Bonchev–Trinajstić information content (AvgIpc) is 3.13. The van der Waals surface area contributed by atoms with Crippen molar-refractivity contribution >= 4 is 23.4 Å². The van der Waals surface area contributed by atoms with E-state index in [9.17, 15) is 9.59 Å². The minimum Gasteiger partial charge on any atom is -0.496 e. The van der Waals surface area contributed by atoms with Crippen LogP contribution in [0.3, 0.4) is 0 Å². The first kappa shape index (κ1) is 21.2. The van der Waals surface area contributed by atoms with Gasteiger partial charge in [0.05, 0.1) is 29.9 Å². The van der Waals surface area contributed by atoms with Gasteiger partial charge in [0.2, 0.25) is 5.91 Å². The molecule has 1 aromatic carbocycles. The van der Waals surface area contributed by atoms with E-state index in [4.69, 9.17) is 16.3 Å². The zero-order valence-electron chi connectivity index (χ0n) is 17.1. The molecule has 1 fully saturated rings. The third kappa shape index (κ3) is 4.92. The zero-order chi connectivity index (χ0) is 21.0. The molecule has 2 amide bonds. The summed E-state index contributed by atoms with van der Waals surface area (Å²) in [7, 11) is 5.06. The minimum atomic E-state index is -0.108. The quantitative estimate of drug-likeness (QED) is 0.748. The van der Waals surface area contributed by atoms with Gasteiger partial charge in [0.1, 0.15) is 5.75 Å². The van der Waals surface area contributed by atoms with Crippen LogP contribution in [0.5, 0.6) is 5.75 Å². The van der Waals surface area contributed by atoms with Crippen LogP contribution in [-0.2, 0) is 4.79 Å². The summed E-state index contributed by atoms with van der Waals surface area (Å²) in [5.41, 5.74) is 1.21. The van der Waals surface area contributed by atoms with Gasteiger partial charge in [-0.2, -0.15) is 0 Å². The molecule has 0 aliphatic carbocycles. The summed E-state index contributed by atoms with van der Waals surface area (Å²) in [6.07, 6.45) is 4.59. The average molecular weight is 419 g/mol. The fourth-order valence-electron chi connectivity index (χ4n) is 3.41. The van der Waals surface area contributed by atoms with Crippen molar-refractivity contribution in [3.63, 3.8) is 0 Å². The lowest BCUT2D eigenvalue weighted by Crippen LogP contribution is -2.39. The number of aromatic nitrogens is 1. The lowest BCUT2D eigenvalue weighted by molar-refractivity contribution is -0.129. The van der Waals surface area contributed by atoms with E-state index in [1.165, 1.54) is 0 Å². The molecule has 0 saturated carbocycles. The molecule has 1 aliphatic heterocycles. The third-order valence-electron chi connectivity index (χ3n) is 5.12. The van der Waals surface area contributed by atoms with E-state index in [1.807, 2.05) is 34.0 Å². The molecule has 2 heterocycles. The topological polar surface area (TPSA) is 58.0 Å². The highest BCUT2D eigenvalue weighted by molar-refractivity contribution is 6.33. The predicted octanol–water partition coefficient (Wildman–Crippen LogP) is 2.38. The molecule has 8 heteroatoms. The number of methoxy groups -OCH3 is 1. The number of rotatable bonds is 5. The van der Waals surface area contributed by atoms with Crippen LogP contribution in [0.4, 0.5) is 0 Å². The smallest absolute Gasteiger partial charge is 0.257 e. The van der Waals surface area contributed by atoms with E-state index in [1.54, 1.807) is 38.2 Å². The summed E-state index contributed by atoms with van der Waals surface area (Å²) in [5, 5.41) is 0.485. The maximum Gasteiger partial charge on any atom is 0.257 e. The molecule has 1 aliphatic rings. The van der Waals surface area contributed by atoms with Gasteiger partial charge in [-0.15, -0.1) is 0 Å². The molecule has 0 atom stereocenters. The molecule has 156 valence electrons. The Morgan fingerprint density at radius 1 is 1.10 bits per heavy atom. The molecule has 0 unspecified atom stereocenters. The molecule has 0 radical (unpaired) electrons. The van der Waals surface area contributed by atoms with Crippen molar-refractivity contribution in [3.8, 4) is 11.4 Å². The van der Waals surface area contributed by atoms with Crippen LogP contribution in [0.1, 0.15) is 16.8 Å². The normalized spacial score (nSPS) is 15.1. The van der Waals surface area contributed by atoms with Gasteiger partial charge in [-0.05, 0) is 24.6 Å². The number of carbonyl (C=O) groups is 2. The van der Waals surface area contributed by atoms with Crippen molar-refractivity contribution in [1.29, 1.82) is 0 Å². The number of halogens is 1. The van der Waals surface area contributed by atoms with E-state index >= 15 is 0 Å². The van der Waals surface area contributed by atoms with E-state index in [-0.39, 0.29) is 11.8 Å². The van der Waals surface area contributed by atoms with Crippen molar-refractivity contribution in [2.45, 2.75) is 6.42 Å². The summed E-state index contributed by atoms with van der Waals surface area (Å²) in [6, 6.07) is 7.28. The highest BCUT2D eigenvalue weighted by atomic mass is 35.5. The number of ether oxygens (including phenoxy) is 1. The molecule has 29 heavy (non-hydrogen) atoms. The largest absolute Gasteiger partial charge is 0.496 e. The van der Waals surface area contributed by atoms with E-state index in [2.05, 4.69) is 4.90 Å². The lowest BCUT2D eigenvalue weighted by Gasteiger charge is -2.23. The Labute approximate surface area is 176 Å². The Kier molecular flexibility index (Phi) is 6.82. The summed E-state index contributed by atoms with van der Waals surface area (Å²) in [6.45, 7) is 3.00. The van der Waals surface area contributed by atoms with Crippen molar-refractivity contribution in [2.75, 3.05) is 53.9 Å². The van der Waals surface area contributed by atoms with Crippen molar-refractivity contribution in [2.24, 2.45) is 0 Å². The second kappa shape index (κ2) is 9.33. The van der Waals surface area contributed by atoms with Crippen LogP contribution in [0, 0.1) is 0 Å². The molecular formula is C21H27ClN4O3. The van der Waals surface area contributed by atoms with Crippen LogP contribution in [0.25, 0.3) is 5.69 Å². The van der Waals surface area contributed by atoms with Gasteiger partial charge in [-0.25, -0.2) is 0 Å². The van der Waals surface area contributed by atoms with Gasteiger partial charge in [0.15, 0.2) is 0 Å². The maximum atomic E-state index is 13.2. The number of likely N-dealkylation sites (N-methyl/N-ethyl adjacent to an activating group) is 1. The van der Waals surface area contributed by atoms with Crippen LogP contribution >= 0.6 is 11.6 Å². The Hall–Kier alpha value is -2.51. The molecular weight excluding hydrogens is 392 g/mol. The first-order valence-electron chi connectivity index (χ1n) is 9.63. The fraction of sp³-hybridized carbons (Fsp3) is 0.429. The monoisotopic (exact) mass is 418 g/mol. The first-order chi connectivity index (χ1) is 13.9. The standard InChI is InChI=1S/C21H27ClN4O3/c1-23(2)20(27)15-24-7-6-10-26(12-11-24)21(28)16-13-17(22)18(14-19(16)29-3)25-8-4-5-9-25/h4-5,8-9,13-14H,6-7,10-12,15H2,1-3H3. The summed E-state index contributed by atoms with van der Waals surface area (Å²) < 4.78 is 7.38. The zero-order valence-corrected chi connectivity index (χ0v) is 17.9. The Balaban J connectivity index is 1.76. The molecule has 0 N–H and O–H groups in total. The lowest BCUT2D eigenvalue weighted by atomic mass is 10.1. The van der Waals surface area contributed by atoms with Gasteiger partial charge >= 0.3 is 0 Å². The number of hydrogen-bond acceptors (Lipinski definition) is 4. The maximum absolute atomic E-state index is 13.2. The molecule has 0 spiro atoms. The molecule has 7 nitrogen and oxygen atoms in total. The first-order valence-corrected chi connectivity index (χ1v) is 10.0. The Morgan fingerprint density at radius 2 is 1.83 bits per heavy atom. The number of carbonyl (C=O) groups excluding carboxylic acids is 2. The van der Waals surface area contributed by atoms with Crippen LogP contribution in [0.15, 0.2) is 36.7 Å². The minimum absolute atomic E-state index is 0.0684. The molecule has 1 aromatic heterocycles. The molecule has 1 saturated heterocycles. The highest BCUT2D eigenvalue weighted by Crippen LogP contribution is 2.31. The fourth-order valence-corrected chi connectivity index (χ4v) is 3.67. The van der Waals surface area contributed by atoms with Gasteiger partial charge in [-0.3, -0.25) is 14.5 Å². The van der Waals surface area contributed by atoms with Crippen LogP contribution in [-0.4, -0.2) is 85.0 Å². The SMILES string of the molecule is COc1cc(-n2cccc2)c(Cl)cc1C(=O)N1CCCN(CC(=O)N(C)C)CC1. The Bertz CT molecular complexity index is 867. The van der Waals surface area contributed by atoms with Crippen molar-refractivity contribution < 1.29 is 14.3 Å². The summed E-state index contributed by atoms with van der Waals surface area (Å²) in [5.74, 6) is 0.453. The number of nitrogens with zero attached hydrogens (tertiary/aromatic N) is 4. The van der Waals surface area contributed by atoms with Crippen LogP contribution in [0.2, 0.25) is 5.02 Å². The summed E-state index contributed by atoms with van der Waals surface area (Å²) >= 11 is 6.48. The van der Waals surface area contributed by atoms with Gasteiger partial charge in [-0.1, -0.05) is 11.6 Å². The van der Waals surface area contributed by atoms with Crippen molar-refractivity contribution in [3.05, 3.63) is 47.2 Å². The predicted molar refractivity (Wildman–Crippen MR) is 113 cm³/mol. The second-order valence-corrected chi connectivity index (χ2v) is 7.71. The number of hydrogen-bond donors (Lipinski definition) is 0. The van der Waals surface area contributed by atoms with Crippen LogP contribution < -0.4 is 4.74 Å². The highest BCUT2D eigenvalue weighted by Gasteiger charge is 2.25. The second-order valence-electron chi connectivity index (χ2n) is 7.30. The van der Waals surface area contributed by atoms with E-state index < -0.39 is 0 Å². The molecule has 0 bridgehead atoms. The number of amides is 2. The Morgan fingerprint density at radius 3 is 2.48 bits per heavy atom. The molecule has 2 aromatic rings. The van der Waals surface area contributed by atoms with Crippen molar-refractivity contribution in [1.82, 2.24) is 19.3 Å². The van der Waals surface area contributed by atoms with Gasteiger partial charge < -0.3 is 19.1 Å². The number of benzene rings is 1. The summed E-state index contributed by atoms with van der Waals surface area (Å²) in [4.78, 5) is 30.7. The van der Waals surface area contributed by atoms with Gasteiger partial charge in [0, 0.05) is 58.7 Å². The molecule has 3 rings (SSSR count).